The first kappa shape index (κ1) is 20.4. The normalized spacial score (nSPS) is 20.1. The molecule has 0 radical (unpaired) electrons. The standard InChI is InChI=1S/C21H29BrN4O3/c1-21(2,3)29-20(27)25-10-4-5-15(11-25)13-28-17-9-8-16-19(18(17)22)23-24-26(16)12-14-6-7-14/h8-9,14-15H,4-7,10-13H2,1-3H3. The van der Waals surface area contributed by atoms with Crippen molar-refractivity contribution in [2.75, 3.05) is 19.7 Å². The van der Waals surface area contributed by atoms with E-state index >= 15 is 0 Å². The summed E-state index contributed by atoms with van der Waals surface area (Å²) in [5, 5.41) is 8.65. The Balaban J connectivity index is 1.37. The van der Waals surface area contributed by atoms with Crippen molar-refractivity contribution in [2.45, 2.75) is 58.6 Å². The van der Waals surface area contributed by atoms with E-state index in [9.17, 15) is 4.79 Å². The molecule has 1 aliphatic carbocycles. The first-order valence-electron chi connectivity index (χ1n) is 10.4. The van der Waals surface area contributed by atoms with Crippen LogP contribution in [0.1, 0.15) is 46.5 Å². The maximum absolute atomic E-state index is 12.4. The fourth-order valence-corrected chi connectivity index (χ4v) is 4.21. The highest BCUT2D eigenvalue weighted by Crippen LogP contribution is 2.35. The number of halogens is 1. The average molecular weight is 465 g/mol. The van der Waals surface area contributed by atoms with Crippen LogP contribution in [-0.4, -0.2) is 51.3 Å². The second-order valence-electron chi connectivity index (χ2n) is 9.21. The number of piperidine rings is 1. The van der Waals surface area contributed by atoms with Crippen LogP contribution in [-0.2, 0) is 11.3 Å². The van der Waals surface area contributed by atoms with Crippen LogP contribution < -0.4 is 4.74 Å². The summed E-state index contributed by atoms with van der Waals surface area (Å²) in [5.41, 5.74) is 1.39. The topological polar surface area (TPSA) is 69.5 Å². The molecule has 1 saturated carbocycles. The van der Waals surface area contributed by atoms with Crippen molar-refractivity contribution in [3.05, 3.63) is 16.6 Å². The molecule has 1 aliphatic heterocycles. The third-order valence-corrected chi connectivity index (χ3v) is 6.13. The summed E-state index contributed by atoms with van der Waals surface area (Å²) in [4.78, 5) is 14.2. The van der Waals surface area contributed by atoms with Gasteiger partial charge in [0.05, 0.1) is 16.6 Å². The number of nitrogens with zero attached hydrogens (tertiary/aromatic N) is 4. The van der Waals surface area contributed by atoms with E-state index in [0.717, 1.165) is 53.1 Å². The van der Waals surface area contributed by atoms with E-state index in [-0.39, 0.29) is 12.0 Å². The predicted molar refractivity (Wildman–Crippen MR) is 114 cm³/mol. The lowest BCUT2D eigenvalue weighted by Gasteiger charge is -2.34. The molecule has 0 spiro atoms. The number of carbonyl (C=O) groups is 1. The van der Waals surface area contributed by atoms with E-state index in [4.69, 9.17) is 9.47 Å². The van der Waals surface area contributed by atoms with Gasteiger partial charge in [-0.25, -0.2) is 9.48 Å². The molecule has 7 nitrogen and oxygen atoms in total. The van der Waals surface area contributed by atoms with Crippen molar-refractivity contribution in [1.29, 1.82) is 0 Å². The summed E-state index contributed by atoms with van der Waals surface area (Å²) in [6.45, 7) is 8.57. The summed E-state index contributed by atoms with van der Waals surface area (Å²) in [6.07, 6.45) is 4.33. The Kier molecular flexibility index (Phi) is 5.73. The molecule has 8 heteroatoms. The first-order chi connectivity index (χ1) is 13.8. The smallest absolute Gasteiger partial charge is 0.410 e. The predicted octanol–water partition coefficient (Wildman–Crippen LogP) is 4.63. The van der Waals surface area contributed by atoms with Gasteiger partial charge in [-0.1, -0.05) is 5.21 Å². The first-order valence-corrected chi connectivity index (χ1v) is 11.2. The number of ether oxygens (including phenoxy) is 2. The number of hydrogen-bond acceptors (Lipinski definition) is 5. The molecule has 1 aromatic heterocycles. The summed E-state index contributed by atoms with van der Waals surface area (Å²) < 4.78 is 14.5. The molecule has 0 bridgehead atoms. The SMILES string of the molecule is CC(C)(C)OC(=O)N1CCCC(COc2ccc3c(nnn3CC3CC3)c2Br)C1. The molecule has 2 heterocycles. The second-order valence-corrected chi connectivity index (χ2v) is 10.00. The zero-order valence-electron chi connectivity index (χ0n) is 17.4. The molecule has 2 aromatic rings. The number of rotatable bonds is 5. The van der Waals surface area contributed by atoms with Crippen molar-refractivity contribution < 1.29 is 14.3 Å². The van der Waals surface area contributed by atoms with Gasteiger partial charge in [0.25, 0.3) is 0 Å². The van der Waals surface area contributed by atoms with Gasteiger partial charge in [0.2, 0.25) is 0 Å². The average Bonchev–Trinajstić information content (AvgIpc) is 3.39. The van der Waals surface area contributed by atoms with E-state index in [1.54, 1.807) is 4.90 Å². The van der Waals surface area contributed by atoms with Gasteiger partial charge in [-0.3, -0.25) is 0 Å². The van der Waals surface area contributed by atoms with Crippen LogP contribution in [0.2, 0.25) is 0 Å². The van der Waals surface area contributed by atoms with Gasteiger partial charge in [-0.05, 0) is 80.4 Å². The van der Waals surface area contributed by atoms with Gasteiger partial charge >= 0.3 is 6.09 Å². The Labute approximate surface area is 179 Å². The van der Waals surface area contributed by atoms with E-state index in [1.165, 1.54) is 12.8 Å². The Morgan fingerprint density at radius 3 is 2.76 bits per heavy atom. The monoisotopic (exact) mass is 464 g/mol. The van der Waals surface area contributed by atoms with Crippen molar-refractivity contribution in [2.24, 2.45) is 11.8 Å². The van der Waals surface area contributed by atoms with Crippen LogP contribution in [0.15, 0.2) is 16.6 Å². The largest absolute Gasteiger partial charge is 0.492 e. The second kappa shape index (κ2) is 8.13. The lowest BCUT2D eigenvalue weighted by atomic mass is 9.99. The Morgan fingerprint density at radius 2 is 2.03 bits per heavy atom. The van der Waals surface area contributed by atoms with Crippen molar-refractivity contribution in [3.8, 4) is 5.75 Å². The molecule has 29 heavy (non-hydrogen) atoms. The molecule has 1 aromatic carbocycles. The Hall–Kier alpha value is -1.83. The van der Waals surface area contributed by atoms with Crippen molar-refractivity contribution in [3.63, 3.8) is 0 Å². The van der Waals surface area contributed by atoms with Crippen molar-refractivity contribution >= 4 is 33.1 Å². The molecule has 2 aliphatic rings. The minimum absolute atomic E-state index is 0.239. The zero-order valence-corrected chi connectivity index (χ0v) is 18.9. The maximum atomic E-state index is 12.4. The molecule has 0 N–H and O–H groups in total. The third-order valence-electron chi connectivity index (χ3n) is 5.36. The molecule has 1 atom stereocenters. The number of likely N-dealkylation sites (tertiary alicyclic amines) is 1. The molecule has 1 unspecified atom stereocenters. The quantitative estimate of drug-likeness (QED) is 0.644. The van der Waals surface area contributed by atoms with Crippen molar-refractivity contribution in [1.82, 2.24) is 19.9 Å². The lowest BCUT2D eigenvalue weighted by molar-refractivity contribution is 0.0139. The van der Waals surface area contributed by atoms with Crippen LogP contribution in [0.3, 0.4) is 0 Å². The third kappa shape index (κ3) is 5.02. The summed E-state index contributed by atoms with van der Waals surface area (Å²) in [6, 6.07) is 4.01. The van der Waals surface area contributed by atoms with Gasteiger partial charge in [0.15, 0.2) is 0 Å². The van der Waals surface area contributed by atoms with Crippen LogP contribution in [0, 0.1) is 11.8 Å². The minimum atomic E-state index is -0.474. The summed E-state index contributed by atoms with van der Waals surface area (Å²) in [7, 11) is 0. The van der Waals surface area contributed by atoms with E-state index in [2.05, 4.69) is 26.2 Å². The number of benzene rings is 1. The highest BCUT2D eigenvalue weighted by molar-refractivity contribution is 9.10. The fourth-order valence-electron chi connectivity index (χ4n) is 3.68. The van der Waals surface area contributed by atoms with Gasteiger partial charge in [0, 0.05) is 25.6 Å². The van der Waals surface area contributed by atoms with Crippen LogP contribution in [0.4, 0.5) is 4.79 Å². The lowest BCUT2D eigenvalue weighted by Crippen LogP contribution is -2.44. The Bertz CT molecular complexity index is 888. The highest BCUT2D eigenvalue weighted by Gasteiger charge is 2.28. The fraction of sp³-hybridized carbons (Fsp3) is 0.667. The minimum Gasteiger partial charge on any atom is -0.492 e. The van der Waals surface area contributed by atoms with Gasteiger partial charge in [-0.2, -0.15) is 0 Å². The Morgan fingerprint density at radius 1 is 1.24 bits per heavy atom. The number of carbonyl (C=O) groups excluding carboxylic acids is 1. The number of fused-ring (bicyclic) bond motifs is 1. The summed E-state index contributed by atoms with van der Waals surface area (Å²) in [5.74, 6) is 1.80. The number of amides is 1. The summed E-state index contributed by atoms with van der Waals surface area (Å²) >= 11 is 3.64. The molecular weight excluding hydrogens is 436 g/mol. The molecule has 1 saturated heterocycles. The van der Waals surface area contributed by atoms with Gasteiger partial charge in [0.1, 0.15) is 16.9 Å². The van der Waals surface area contributed by atoms with Gasteiger partial charge < -0.3 is 14.4 Å². The van der Waals surface area contributed by atoms with Gasteiger partial charge in [-0.15, -0.1) is 5.10 Å². The zero-order chi connectivity index (χ0) is 20.6. The van der Waals surface area contributed by atoms with Crippen LogP contribution in [0.25, 0.3) is 11.0 Å². The van der Waals surface area contributed by atoms with Crippen LogP contribution >= 0.6 is 15.9 Å². The molecular formula is C21H29BrN4O3. The number of aromatic nitrogens is 3. The van der Waals surface area contributed by atoms with E-state index < -0.39 is 5.60 Å². The van der Waals surface area contributed by atoms with E-state index in [1.807, 2.05) is 37.6 Å². The molecule has 4 rings (SSSR count). The maximum Gasteiger partial charge on any atom is 0.410 e. The number of hydrogen-bond donors (Lipinski definition) is 0. The van der Waals surface area contributed by atoms with E-state index in [0.29, 0.717) is 13.2 Å². The molecule has 158 valence electrons. The highest BCUT2D eigenvalue weighted by atomic mass is 79.9. The molecule has 1 amide bonds. The molecule has 2 fully saturated rings. The van der Waals surface area contributed by atoms with Crippen LogP contribution in [0.5, 0.6) is 5.75 Å².